The molecule has 1 aliphatic carbocycles. The SMILES string of the molecule is CC(Nc1ncc(-n2nncc2C2CC2)s1)c1cc2cc(Cl)c(F)cc2[nH]c1=O. The highest BCUT2D eigenvalue weighted by molar-refractivity contribution is 7.17. The van der Waals surface area contributed by atoms with Gasteiger partial charge in [0.05, 0.1) is 34.7 Å². The number of hydrogen-bond acceptors (Lipinski definition) is 6. The summed E-state index contributed by atoms with van der Waals surface area (Å²) in [5.41, 5.74) is 1.73. The molecule has 0 amide bonds. The van der Waals surface area contributed by atoms with E-state index in [1.165, 1.54) is 23.5 Å². The summed E-state index contributed by atoms with van der Waals surface area (Å²) in [7, 11) is 0. The molecule has 0 bridgehead atoms. The summed E-state index contributed by atoms with van der Waals surface area (Å²) in [6.07, 6.45) is 5.86. The van der Waals surface area contributed by atoms with Crippen molar-refractivity contribution in [2.45, 2.75) is 31.7 Å². The van der Waals surface area contributed by atoms with E-state index in [0.717, 1.165) is 23.5 Å². The fraction of sp³-hybridized carbons (Fsp3) is 0.263. The lowest BCUT2D eigenvalue weighted by molar-refractivity contribution is 0.629. The van der Waals surface area contributed by atoms with E-state index in [4.69, 9.17) is 11.6 Å². The van der Waals surface area contributed by atoms with E-state index in [9.17, 15) is 9.18 Å². The monoisotopic (exact) mass is 430 g/mol. The normalized spacial score (nSPS) is 15.0. The highest BCUT2D eigenvalue weighted by Gasteiger charge is 2.28. The molecule has 4 aromatic rings. The second kappa shape index (κ2) is 6.93. The number of fused-ring (bicyclic) bond motifs is 1. The van der Waals surface area contributed by atoms with Gasteiger partial charge in [0.2, 0.25) is 0 Å². The molecule has 2 N–H and O–H groups in total. The zero-order valence-corrected chi connectivity index (χ0v) is 16.9. The molecule has 1 fully saturated rings. The first-order valence-corrected chi connectivity index (χ1v) is 10.3. The van der Waals surface area contributed by atoms with Gasteiger partial charge in [0.15, 0.2) is 5.13 Å². The molecule has 1 aliphatic rings. The summed E-state index contributed by atoms with van der Waals surface area (Å²) in [6.45, 7) is 1.87. The molecule has 0 radical (unpaired) electrons. The van der Waals surface area contributed by atoms with Gasteiger partial charge in [0, 0.05) is 16.9 Å². The van der Waals surface area contributed by atoms with E-state index in [0.29, 0.717) is 27.5 Å². The highest BCUT2D eigenvalue weighted by atomic mass is 35.5. The van der Waals surface area contributed by atoms with Crippen LogP contribution < -0.4 is 10.9 Å². The molecule has 1 saturated carbocycles. The summed E-state index contributed by atoms with van der Waals surface area (Å²) in [4.78, 5) is 19.6. The molecule has 29 heavy (non-hydrogen) atoms. The zero-order valence-electron chi connectivity index (χ0n) is 15.3. The van der Waals surface area contributed by atoms with Gasteiger partial charge in [0.1, 0.15) is 10.8 Å². The Labute approximate surface area is 173 Å². The number of aromatic nitrogens is 5. The summed E-state index contributed by atoms with van der Waals surface area (Å²) >= 11 is 7.32. The van der Waals surface area contributed by atoms with Gasteiger partial charge in [-0.05, 0) is 38.0 Å². The topological polar surface area (TPSA) is 88.5 Å². The number of aromatic amines is 1. The minimum Gasteiger partial charge on any atom is -0.355 e. The third kappa shape index (κ3) is 3.40. The average Bonchev–Trinajstić information content (AvgIpc) is 3.22. The van der Waals surface area contributed by atoms with E-state index < -0.39 is 5.82 Å². The maximum atomic E-state index is 13.6. The van der Waals surface area contributed by atoms with Gasteiger partial charge in [0.25, 0.3) is 5.56 Å². The first-order chi connectivity index (χ1) is 14.0. The van der Waals surface area contributed by atoms with Crippen molar-refractivity contribution in [3.05, 3.63) is 63.0 Å². The van der Waals surface area contributed by atoms with Crippen LogP contribution in [-0.4, -0.2) is 25.0 Å². The fourth-order valence-electron chi connectivity index (χ4n) is 3.30. The number of nitrogens with zero attached hydrogens (tertiary/aromatic N) is 4. The van der Waals surface area contributed by atoms with Crippen LogP contribution in [0.3, 0.4) is 0 Å². The maximum absolute atomic E-state index is 13.6. The van der Waals surface area contributed by atoms with Crippen molar-refractivity contribution in [1.82, 2.24) is 25.0 Å². The second-order valence-corrected chi connectivity index (χ2v) is 8.54. The summed E-state index contributed by atoms with van der Waals surface area (Å²) in [6, 6.07) is 4.13. The largest absolute Gasteiger partial charge is 0.355 e. The lowest BCUT2D eigenvalue weighted by atomic mass is 10.1. The molecule has 1 aromatic carbocycles. The van der Waals surface area contributed by atoms with Crippen molar-refractivity contribution in [3.8, 4) is 5.00 Å². The van der Waals surface area contributed by atoms with Gasteiger partial charge in [-0.1, -0.05) is 28.2 Å². The number of hydrogen-bond donors (Lipinski definition) is 2. The van der Waals surface area contributed by atoms with Crippen LogP contribution in [0.15, 0.2) is 35.4 Å². The fourth-order valence-corrected chi connectivity index (χ4v) is 4.35. The number of pyridine rings is 1. The van der Waals surface area contributed by atoms with Crippen LogP contribution in [0.1, 0.15) is 43.0 Å². The van der Waals surface area contributed by atoms with Gasteiger partial charge in [-0.25, -0.2) is 14.1 Å². The van der Waals surface area contributed by atoms with Gasteiger partial charge in [-0.3, -0.25) is 4.79 Å². The molecule has 0 aliphatic heterocycles. The number of thiazole rings is 1. The lowest BCUT2D eigenvalue weighted by Gasteiger charge is -2.13. The summed E-state index contributed by atoms with van der Waals surface area (Å²) in [5, 5.41) is 13.7. The Balaban J connectivity index is 1.42. The molecule has 3 heterocycles. The van der Waals surface area contributed by atoms with Crippen LogP contribution in [0.2, 0.25) is 5.02 Å². The van der Waals surface area contributed by atoms with Gasteiger partial charge >= 0.3 is 0 Å². The first kappa shape index (κ1) is 18.3. The van der Waals surface area contributed by atoms with Gasteiger partial charge in [-0.15, -0.1) is 5.10 Å². The molecule has 5 rings (SSSR count). The maximum Gasteiger partial charge on any atom is 0.253 e. The third-order valence-corrected chi connectivity index (χ3v) is 6.19. The number of rotatable bonds is 5. The van der Waals surface area contributed by atoms with Gasteiger partial charge < -0.3 is 10.3 Å². The predicted octanol–water partition coefficient (Wildman–Crippen LogP) is 4.41. The van der Waals surface area contributed by atoms with Crippen molar-refractivity contribution >= 4 is 39.0 Å². The Hall–Kier alpha value is -2.78. The van der Waals surface area contributed by atoms with Crippen LogP contribution in [0.25, 0.3) is 15.9 Å². The van der Waals surface area contributed by atoms with Crippen molar-refractivity contribution in [2.75, 3.05) is 5.32 Å². The van der Waals surface area contributed by atoms with E-state index >= 15 is 0 Å². The van der Waals surface area contributed by atoms with E-state index in [2.05, 4.69) is 25.6 Å². The summed E-state index contributed by atoms with van der Waals surface area (Å²) in [5.74, 6) is -0.0435. The van der Waals surface area contributed by atoms with Crippen LogP contribution in [0, 0.1) is 5.82 Å². The third-order valence-electron chi connectivity index (χ3n) is 4.99. The Morgan fingerprint density at radius 2 is 2.17 bits per heavy atom. The number of nitrogens with one attached hydrogen (secondary N) is 2. The minimum atomic E-state index is -0.567. The molecule has 1 unspecified atom stereocenters. The van der Waals surface area contributed by atoms with Crippen LogP contribution in [-0.2, 0) is 0 Å². The number of anilines is 1. The standard InChI is InChI=1S/C19H16ClFN6OS/c1-9(12-4-11-5-13(20)14(21)6-15(11)25-18(12)28)24-19-22-8-17(29-19)27-16(7-23-26-27)10-2-3-10/h4-10H,2-3H2,1H3,(H,22,24)(H,25,28). The Bertz CT molecular complexity index is 1280. The minimum absolute atomic E-state index is 0.0139. The molecule has 148 valence electrons. The molecule has 10 heteroatoms. The Morgan fingerprint density at radius 3 is 2.97 bits per heavy atom. The lowest BCUT2D eigenvalue weighted by Crippen LogP contribution is -2.19. The molecule has 7 nitrogen and oxygen atoms in total. The van der Waals surface area contributed by atoms with E-state index in [1.54, 1.807) is 18.5 Å². The zero-order chi connectivity index (χ0) is 20.1. The molecular formula is C19H16ClFN6OS. The van der Waals surface area contributed by atoms with Crippen molar-refractivity contribution in [3.63, 3.8) is 0 Å². The van der Waals surface area contributed by atoms with Crippen molar-refractivity contribution in [1.29, 1.82) is 0 Å². The number of H-pyrrole nitrogens is 1. The quantitative estimate of drug-likeness (QED) is 0.489. The van der Waals surface area contributed by atoms with Crippen molar-refractivity contribution < 1.29 is 4.39 Å². The molecule has 1 atom stereocenters. The summed E-state index contributed by atoms with van der Waals surface area (Å²) < 4.78 is 15.5. The molecule has 0 spiro atoms. The number of halogens is 2. The van der Waals surface area contributed by atoms with E-state index in [1.807, 2.05) is 11.6 Å². The highest BCUT2D eigenvalue weighted by Crippen LogP contribution is 2.41. The van der Waals surface area contributed by atoms with E-state index in [-0.39, 0.29) is 16.6 Å². The first-order valence-electron chi connectivity index (χ1n) is 9.15. The molecule has 0 saturated heterocycles. The smallest absolute Gasteiger partial charge is 0.253 e. The number of benzene rings is 1. The second-order valence-electron chi connectivity index (χ2n) is 7.12. The predicted molar refractivity (Wildman–Crippen MR) is 111 cm³/mol. The van der Waals surface area contributed by atoms with Crippen LogP contribution in [0.5, 0.6) is 0 Å². The molecular weight excluding hydrogens is 415 g/mol. The van der Waals surface area contributed by atoms with Gasteiger partial charge in [-0.2, -0.15) is 0 Å². The van der Waals surface area contributed by atoms with Crippen molar-refractivity contribution in [2.24, 2.45) is 0 Å². The Kier molecular flexibility index (Phi) is 4.36. The molecule has 3 aromatic heterocycles. The average molecular weight is 431 g/mol. The Morgan fingerprint density at radius 1 is 1.34 bits per heavy atom. The van der Waals surface area contributed by atoms with Crippen LogP contribution in [0.4, 0.5) is 9.52 Å². The van der Waals surface area contributed by atoms with Crippen LogP contribution >= 0.6 is 22.9 Å².